The van der Waals surface area contributed by atoms with E-state index in [1.165, 1.54) is 0 Å². The van der Waals surface area contributed by atoms with Gasteiger partial charge in [-0.3, -0.25) is 4.90 Å². The van der Waals surface area contributed by atoms with E-state index < -0.39 is 6.09 Å². The van der Waals surface area contributed by atoms with Gasteiger partial charge in [0.15, 0.2) is 0 Å². The zero-order valence-corrected chi connectivity index (χ0v) is 10.3. The van der Waals surface area contributed by atoms with Gasteiger partial charge in [0, 0.05) is 19.1 Å². The van der Waals surface area contributed by atoms with Crippen LogP contribution in [0.15, 0.2) is 0 Å². The van der Waals surface area contributed by atoms with Crippen molar-refractivity contribution >= 4 is 6.09 Å². The van der Waals surface area contributed by atoms with Crippen LogP contribution in [0.3, 0.4) is 0 Å². The number of piperazine rings is 1. The third-order valence-corrected chi connectivity index (χ3v) is 3.70. The van der Waals surface area contributed by atoms with Crippen LogP contribution in [0, 0.1) is 5.41 Å². The maximum absolute atomic E-state index is 11.3. The fraction of sp³-hybridized carbons (Fsp3) is 0.909. The highest BCUT2D eigenvalue weighted by Gasteiger charge is 2.48. The molecule has 1 aliphatic rings. The summed E-state index contributed by atoms with van der Waals surface area (Å²) in [5, 5.41) is 12.6. The topological polar surface area (TPSA) is 52.6 Å². The molecule has 0 aromatic rings. The number of nitrogens with one attached hydrogen (secondary N) is 1. The molecule has 0 aromatic carbocycles. The molecule has 0 bridgehead atoms. The number of nitrogens with zero attached hydrogens (tertiary/aromatic N) is 1. The Labute approximate surface area is 91.6 Å². The van der Waals surface area contributed by atoms with Crippen molar-refractivity contribution in [3.05, 3.63) is 0 Å². The third-order valence-electron chi connectivity index (χ3n) is 3.70. The lowest BCUT2D eigenvalue weighted by Crippen LogP contribution is -2.69. The van der Waals surface area contributed by atoms with Crippen molar-refractivity contribution in [3.63, 3.8) is 0 Å². The first-order valence-corrected chi connectivity index (χ1v) is 5.43. The second kappa shape index (κ2) is 3.67. The summed E-state index contributed by atoms with van der Waals surface area (Å²) in [4.78, 5) is 12.9. The Kier molecular flexibility index (Phi) is 3.01. The van der Waals surface area contributed by atoms with E-state index in [4.69, 9.17) is 0 Å². The van der Waals surface area contributed by atoms with Crippen molar-refractivity contribution in [2.24, 2.45) is 5.41 Å². The Hall–Kier alpha value is -0.770. The van der Waals surface area contributed by atoms with Crippen molar-refractivity contribution in [3.8, 4) is 0 Å². The molecule has 1 rings (SSSR count). The van der Waals surface area contributed by atoms with Crippen LogP contribution in [0.1, 0.15) is 34.6 Å². The Morgan fingerprint density at radius 3 is 2.40 bits per heavy atom. The molecule has 2 N–H and O–H groups in total. The first kappa shape index (κ1) is 12.3. The van der Waals surface area contributed by atoms with Crippen LogP contribution in [0.2, 0.25) is 0 Å². The number of carbonyl (C=O) groups is 1. The molecule has 0 radical (unpaired) electrons. The average molecular weight is 214 g/mol. The fourth-order valence-electron chi connectivity index (χ4n) is 2.21. The number of rotatable bonds is 0. The van der Waals surface area contributed by atoms with Gasteiger partial charge in [0.25, 0.3) is 0 Å². The highest BCUT2D eigenvalue weighted by Crippen LogP contribution is 2.37. The van der Waals surface area contributed by atoms with Gasteiger partial charge < -0.3 is 10.4 Å². The molecule has 15 heavy (non-hydrogen) atoms. The summed E-state index contributed by atoms with van der Waals surface area (Å²) in [6, 6.07) is 0.0282. The minimum atomic E-state index is -0.818. The van der Waals surface area contributed by atoms with Crippen LogP contribution in [-0.4, -0.2) is 40.8 Å². The maximum atomic E-state index is 11.3. The van der Waals surface area contributed by atoms with Crippen molar-refractivity contribution in [2.45, 2.75) is 46.2 Å². The minimum absolute atomic E-state index is 0.0282. The molecule has 2 atom stereocenters. The van der Waals surface area contributed by atoms with Crippen LogP contribution in [0.5, 0.6) is 0 Å². The molecule has 4 heteroatoms. The van der Waals surface area contributed by atoms with E-state index >= 15 is 0 Å². The van der Waals surface area contributed by atoms with Gasteiger partial charge in [-0.15, -0.1) is 0 Å². The molecular weight excluding hydrogens is 192 g/mol. The number of hydrogen-bond acceptors (Lipinski definition) is 2. The number of hydrogen-bond donors (Lipinski definition) is 2. The quantitative estimate of drug-likeness (QED) is 0.646. The Morgan fingerprint density at radius 2 is 2.07 bits per heavy atom. The molecule has 4 nitrogen and oxygen atoms in total. The van der Waals surface area contributed by atoms with Crippen LogP contribution < -0.4 is 5.32 Å². The second-order valence-electron chi connectivity index (χ2n) is 5.66. The molecule has 0 aliphatic carbocycles. The van der Waals surface area contributed by atoms with E-state index in [1.807, 2.05) is 13.8 Å². The van der Waals surface area contributed by atoms with E-state index in [2.05, 4.69) is 26.1 Å². The lowest BCUT2D eigenvalue weighted by molar-refractivity contribution is -0.0261. The molecule has 88 valence electrons. The largest absolute Gasteiger partial charge is 0.465 e. The van der Waals surface area contributed by atoms with E-state index in [-0.39, 0.29) is 17.0 Å². The smallest absolute Gasteiger partial charge is 0.408 e. The molecule has 0 aromatic heterocycles. The second-order valence-corrected chi connectivity index (χ2v) is 5.66. The van der Waals surface area contributed by atoms with Crippen LogP contribution in [0.25, 0.3) is 0 Å². The van der Waals surface area contributed by atoms with Gasteiger partial charge in [0.05, 0.1) is 5.54 Å². The van der Waals surface area contributed by atoms with Crippen LogP contribution in [-0.2, 0) is 0 Å². The van der Waals surface area contributed by atoms with Crippen molar-refractivity contribution < 1.29 is 9.90 Å². The molecule has 1 aliphatic heterocycles. The Morgan fingerprint density at radius 1 is 1.53 bits per heavy atom. The maximum Gasteiger partial charge on any atom is 0.408 e. The SMILES string of the molecule is CC1CNCC(C)(C(C)(C)C)N1C(=O)O. The molecule has 2 unspecified atom stereocenters. The van der Waals surface area contributed by atoms with Crippen LogP contribution in [0.4, 0.5) is 4.79 Å². The molecule has 1 saturated heterocycles. The zero-order chi connectivity index (χ0) is 11.9. The highest BCUT2D eigenvalue weighted by molar-refractivity contribution is 5.67. The molecule has 1 fully saturated rings. The van der Waals surface area contributed by atoms with Gasteiger partial charge in [-0.05, 0) is 19.3 Å². The average Bonchev–Trinajstić information content (AvgIpc) is 2.00. The molecular formula is C11H22N2O2. The van der Waals surface area contributed by atoms with Crippen molar-refractivity contribution in [1.29, 1.82) is 0 Å². The first-order valence-electron chi connectivity index (χ1n) is 5.43. The van der Waals surface area contributed by atoms with Crippen molar-refractivity contribution in [2.75, 3.05) is 13.1 Å². The van der Waals surface area contributed by atoms with Gasteiger partial charge in [0.2, 0.25) is 0 Å². The molecule has 1 amide bonds. The van der Waals surface area contributed by atoms with Gasteiger partial charge >= 0.3 is 6.09 Å². The monoisotopic (exact) mass is 214 g/mol. The van der Waals surface area contributed by atoms with E-state index in [0.29, 0.717) is 6.54 Å². The van der Waals surface area contributed by atoms with E-state index in [1.54, 1.807) is 4.90 Å². The minimum Gasteiger partial charge on any atom is -0.465 e. The van der Waals surface area contributed by atoms with Gasteiger partial charge in [-0.1, -0.05) is 20.8 Å². The third kappa shape index (κ3) is 1.95. The number of amides is 1. The zero-order valence-electron chi connectivity index (χ0n) is 10.3. The lowest BCUT2D eigenvalue weighted by Gasteiger charge is -2.54. The summed E-state index contributed by atoms with van der Waals surface area (Å²) in [7, 11) is 0. The van der Waals surface area contributed by atoms with Gasteiger partial charge in [0.1, 0.15) is 0 Å². The first-order chi connectivity index (χ1) is 6.70. The summed E-state index contributed by atoms with van der Waals surface area (Å²) in [5.74, 6) is 0. The lowest BCUT2D eigenvalue weighted by atomic mass is 9.72. The molecule has 1 heterocycles. The predicted molar refractivity (Wildman–Crippen MR) is 60.1 cm³/mol. The number of carboxylic acid groups (broad SMARTS) is 1. The Balaban J connectivity index is 3.08. The molecule has 0 spiro atoms. The summed E-state index contributed by atoms with van der Waals surface area (Å²) in [6.07, 6.45) is -0.818. The van der Waals surface area contributed by atoms with Gasteiger partial charge in [-0.2, -0.15) is 0 Å². The summed E-state index contributed by atoms with van der Waals surface area (Å²) >= 11 is 0. The van der Waals surface area contributed by atoms with Gasteiger partial charge in [-0.25, -0.2) is 4.79 Å². The van der Waals surface area contributed by atoms with E-state index in [0.717, 1.165) is 6.54 Å². The normalized spacial score (nSPS) is 32.9. The standard InChI is InChI=1S/C11H22N2O2/c1-8-6-12-7-11(5,10(2,3)4)13(8)9(14)15/h8,12H,6-7H2,1-5H3,(H,14,15). The highest BCUT2D eigenvalue weighted by atomic mass is 16.4. The summed E-state index contributed by atoms with van der Waals surface area (Å²) < 4.78 is 0. The summed E-state index contributed by atoms with van der Waals surface area (Å²) in [6.45, 7) is 11.7. The van der Waals surface area contributed by atoms with E-state index in [9.17, 15) is 9.90 Å². The predicted octanol–water partition coefficient (Wildman–Crippen LogP) is 1.76. The summed E-state index contributed by atoms with van der Waals surface area (Å²) in [5.41, 5.74) is -0.427. The Bertz CT molecular complexity index is 260. The molecule has 0 saturated carbocycles. The fourth-order valence-corrected chi connectivity index (χ4v) is 2.21. The van der Waals surface area contributed by atoms with Crippen LogP contribution >= 0.6 is 0 Å². The van der Waals surface area contributed by atoms with Crippen molar-refractivity contribution in [1.82, 2.24) is 10.2 Å².